The summed E-state index contributed by atoms with van der Waals surface area (Å²) in [4.78, 5) is 67.1. The highest BCUT2D eigenvalue weighted by Crippen LogP contribution is 2.65. The van der Waals surface area contributed by atoms with Gasteiger partial charge in [-0.1, -0.05) is 38.5 Å². The van der Waals surface area contributed by atoms with Crippen molar-refractivity contribution in [3.8, 4) is 0 Å². The fourth-order valence-electron chi connectivity index (χ4n) is 8.51. The molecular formula is C30H42Cl2N4O6. The van der Waals surface area contributed by atoms with Gasteiger partial charge >= 0.3 is 6.09 Å². The third-order valence-electron chi connectivity index (χ3n) is 11.1. The Labute approximate surface area is 256 Å². The molecule has 232 valence electrons. The van der Waals surface area contributed by atoms with Crippen LogP contribution in [0.15, 0.2) is 0 Å². The first-order valence-electron chi connectivity index (χ1n) is 15.8. The Morgan fingerprint density at radius 2 is 1.67 bits per heavy atom. The topological polar surface area (TPSA) is 148 Å². The molecule has 8 atom stereocenters. The van der Waals surface area contributed by atoms with Crippen molar-refractivity contribution in [2.75, 3.05) is 6.54 Å². The number of ether oxygens (including phenoxy) is 1. The van der Waals surface area contributed by atoms with Gasteiger partial charge in [0.2, 0.25) is 17.6 Å². The molecule has 6 fully saturated rings. The van der Waals surface area contributed by atoms with Crippen molar-refractivity contribution in [2.45, 2.75) is 112 Å². The highest BCUT2D eigenvalue weighted by atomic mass is 35.5. The molecule has 4 amide bonds. The molecule has 0 radical (unpaired) electrons. The molecule has 12 heteroatoms. The summed E-state index contributed by atoms with van der Waals surface area (Å²) in [5.74, 6) is -2.61. The molecule has 6 aliphatic rings. The maximum absolute atomic E-state index is 14.2. The second-order valence-corrected chi connectivity index (χ2v) is 15.1. The number of Topliss-reactive ketones (excluding diaryl/α,β-unsaturated/α-hetero) is 1. The summed E-state index contributed by atoms with van der Waals surface area (Å²) < 4.78 is 4.67. The van der Waals surface area contributed by atoms with Gasteiger partial charge in [0.05, 0.1) is 6.04 Å². The zero-order chi connectivity index (χ0) is 29.8. The number of nitrogens with two attached hydrogens (primary N) is 1. The van der Waals surface area contributed by atoms with E-state index < -0.39 is 52.1 Å². The highest BCUT2D eigenvalue weighted by molar-refractivity contribution is 6.51. The van der Waals surface area contributed by atoms with Gasteiger partial charge in [0.25, 0.3) is 5.91 Å². The molecule has 1 aliphatic heterocycles. The van der Waals surface area contributed by atoms with Crippen LogP contribution in [0.25, 0.3) is 0 Å². The number of alkyl halides is 2. The van der Waals surface area contributed by atoms with E-state index in [0.29, 0.717) is 18.3 Å². The lowest BCUT2D eigenvalue weighted by Gasteiger charge is -2.37. The van der Waals surface area contributed by atoms with Crippen LogP contribution >= 0.6 is 23.2 Å². The number of hydrogen-bond donors (Lipinski definition) is 3. The van der Waals surface area contributed by atoms with Crippen molar-refractivity contribution in [1.29, 1.82) is 0 Å². The maximum Gasteiger partial charge on any atom is 0.408 e. The zero-order valence-electron chi connectivity index (χ0n) is 23.9. The number of primary amides is 1. The number of carbonyl (C=O) groups excluding carboxylic acids is 5. The first-order valence-corrected chi connectivity index (χ1v) is 16.6. The van der Waals surface area contributed by atoms with Crippen molar-refractivity contribution in [3.05, 3.63) is 0 Å². The van der Waals surface area contributed by atoms with Gasteiger partial charge in [0, 0.05) is 18.4 Å². The number of hydrogen-bond acceptors (Lipinski definition) is 6. The molecule has 1 saturated heterocycles. The molecule has 42 heavy (non-hydrogen) atoms. The second-order valence-electron chi connectivity index (χ2n) is 13.7. The van der Waals surface area contributed by atoms with Crippen LogP contribution in [0.2, 0.25) is 0 Å². The molecule has 1 heterocycles. The number of carbonyl (C=O) groups is 5. The van der Waals surface area contributed by atoms with E-state index in [-0.39, 0.29) is 36.3 Å². The lowest BCUT2D eigenvalue weighted by Crippen LogP contribution is -2.60. The van der Waals surface area contributed by atoms with Gasteiger partial charge in [0.15, 0.2) is 0 Å². The maximum atomic E-state index is 14.2. The van der Waals surface area contributed by atoms with Gasteiger partial charge in [-0.3, -0.25) is 19.2 Å². The normalized spacial score (nSPS) is 34.6. The largest absolute Gasteiger partial charge is 0.446 e. The number of piperidine rings is 1. The monoisotopic (exact) mass is 624 g/mol. The Bertz CT molecular complexity index is 1130. The van der Waals surface area contributed by atoms with Gasteiger partial charge in [0.1, 0.15) is 22.5 Å². The van der Waals surface area contributed by atoms with Crippen LogP contribution in [0.4, 0.5) is 4.79 Å². The van der Waals surface area contributed by atoms with Crippen molar-refractivity contribution in [1.82, 2.24) is 15.5 Å². The Morgan fingerprint density at radius 1 is 0.929 bits per heavy atom. The number of nitrogens with zero attached hydrogens (tertiary/aromatic N) is 1. The summed E-state index contributed by atoms with van der Waals surface area (Å²) in [7, 11) is 0. The predicted octanol–water partition coefficient (Wildman–Crippen LogP) is 3.21. The minimum atomic E-state index is -1.18. The molecule has 4 N–H and O–H groups in total. The van der Waals surface area contributed by atoms with Crippen molar-refractivity contribution >= 4 is 52.8 Å². The summed E-state index contributed by atoms with van der Waals surface area (Å²) in [5, 5.41) is 5.64. The van der Waals surface area contributed by atoms with Gasteiger partial charge < -0.3 is 26.0 Å². The quantitative estimate of drug-likeness (QED) is 0.251. The average molecular weight is 626 g/mol. The molecule has 2 bridgehead atoms. The van der Waals surface area contributed by atoms with Gasteiger partial charge in [-0.2, -0.15) is 0 Å². The van der Waals surface area contributed by atoms with E-state index in [1.807, 2.05) is 0 Å². The van der Waals surface area contributed by atoms with Crippen molar-refractivity contribution < 1.29 is 28.7 Å². The number of rotatable bonds is 10. The SMILES string of the molecule is NC(=O)C(=O)C(CC1CCC1)NC(=O)[C@@H]1[C@@H]2[C@H](CN1C(=O)[C@@H](NC(=O)OC1CC3CCC1C3)C1CCCCC1)C2(Cl)Cl. The number of likely N-dealkylation sites (tertiary alicyclic amines) is 1. The third kappa shape index (κ3) is 5.74. The molecule has 5 saturated carbocycles. The molecule has 6 rings (SSSR count). The number of amides is 4. The highest BCUT2D eigenvalue weighted by Gasteiger charge is 2.74. The molecule has 5 aliphatic carbocycles. The second kappa shape index (κ2) is 11.8. The smallest absolute Gasteiger partial charge is 0.408 e. The summed E-state index contributed by atoms with van der Waals surface area (Å²) >= 11 is 13.1. The summed E-state index contributed by atoms with van der Waals surface area (Å²) in [6.07, 6.45) is 11.2. The van der Waals surface area contributed by atoms with E-state index in [1.54, 1.807) is 0 Å². The number of nitrogens with one attached hydrogen (secondary N) is 2. The first-order chi connectivity index (χ1) is 20.0. The molecule has 0 aromatic carbocycles. The molecule has 0 aromatic heterocycles. The Morgan fingerprint density at radius 3 is 2.26 bits per heavy atom. The van der Waals surface area contributed by atoms with Crippen LogP contribution in [0, 0.1) is 35.5 Å². The van der Waals surface area contributed by atoms with Gasteiger partial charge in [-0.15, -0.1) is 23.2 Å². The van der Waals surface area contributed by atoms with Gasteiger partial charge in [-0.25, -0.2) is 4.79 Å². The van der Waals surface area contributed by atoms with Crippen LogP contribution in [0.3, 0.4) is 0 Å². The predicted molar refractivity (Wildman–Crippen MR) is 154 cm³/mol. The Hall–Kier alpha value is -2.07. The number of fused-ring (bicyclic) bond motifs is 3. The molecule has 4 unspecified atom stereocenters. The van der Waals surface area contributed by atoms with Crippen LogP contribution < -0.4 is 16.4 Å². The van der Waals surface area contributed by atoms with Crippen molar-refractivity contribution in [3.63, 3.8) is 0 Å². The summed E-state index contributed by atoms with van der Waals surface area (Å²) in [6.45, 7) is 0.165. The number of alkyl carbamates (subject to hydrolysis) is 1. The average Bonchev–Trinajstić information content (AvgIpc) is 3.46. The van der Waals surface area contributed by atoms with E-state index in [4.69, 9.17) is 33.7 Å². The van der Waals surface area contributed by atoms with Crippen LogP contribution in [-0.4, -0.2) is 69.6 Å². The standard InChI is InChI=1S/C30H42Cl2N4O6/c31-30(32)19-14-36(24(22(19)30)27(39)34-20(25(37)26(33)38)12-15-5-4-6-15)28(40)23(17-7-2-1-3-8-17)35-29(41)42-21-13-16-9-10-18(21)11-16/h15-24H,1-14H2,(H2,33,38)(H,34,39)(H,35,41)/t16?,18?,19-,20?,21?,22-,23-,24-/m0/s1. The van der Waals surface area contributed by atoms with Gasteiger partial charge in [-0.05, 0) is 68.6 Å². The lowest BCUT2D eigenvalue weighted by atomic mass is 9.80. The van der Waals surface area contributed by atoms with E-state index in [0.717, 1.165) is 70.6 Å². The summed E-state index contributed by atoms with van der Waals surface area (Å²) in [6, 6.07) is -2.95. The fourth-order valence-corrected chi connectivity index (χ4v) is 9.34. The number of ketones is 1. The molecular weight excluding hydrogens is 583 g/mol. The Kier molecular flexibility index (Phi) is 8.41. The lowest BCUT2D eigenvalue weighted by molar-refractivity contribution is -0.144. The first kappa shape index (κ1) is 30.0. The third-order valence-corrected chi connectivity index (χ3v) is 12.2. The zero-order valence-corrected chi connectivity index (χ0v) is 25.4. The molecule has 0 aromatic rings. The number of halogens is 2. The van der Waals surface area contributed by atoms with Crippen LogP contribution in [0.5, 0.6) is 0 Å². The van der Waals surface area contributed by atoms with E-state index in [9.17, 15) is 24.0 Å². The Balaban J connectivity index is 1.19. The van der Waals surface area contributed by atoms with E-state index >= 15 is 0 Å². The van der Waals surface area contributed by atoms with E-state index in [1.165, 1.54) is 11.3 Å². The van der Waals surface area contributed by atoms with Crippen molar-refractivity contribution in [2.24, 2.45) is 41.2 Å². The van der Waals surface area contributed by atoms with Crippen LogP contribution in [0.1, 0.15) is 83.5 Å². The van der Waals surface area contributed by atoms with E-state index in [2.05, 4.69) is 10.6 Å². The molecule has 0 spiro atoms. The molecule has 10 nitrogen and oxygen atoms in total. The fraction of sp³-hybridized carbons (Fsp3) is 0.833. The van der Waals surface area contributed by atoms with Crippen LogP contribution in [-0.2, 0) is 23.9 Å². The summed E-state index contributed by atoms with van der Waals surface area (Å²) in [5.41, 5.74) is 5.30. The minimum Gasteiger partial charge on any atom is -0.446 e. The minimum absolute atomic E-state index is 0.0842.